The molecule has 4 nitrogen and oxygen atoms in total. The third-order valence-corrected chi connectivity index (χ3v) is 4.41. The van der Waals surface area contributed by atoms with Gasteiger partial charge in [-0.25, -0.2) is 0 Å². The average Bonchev–Trinajstić information content (AvgIpc) is 2.51. The highest BCUT2D eigenvalue weighted by Crippen LogP contribution is 2.30. The van der Waals surface area contributed by atoms with Gasteiger partial charge in [0, 0.05) is 6.92 Å². The maximum Gasteiger partial charge on any atom is 0.303 e. The quantitative estimate of drug-likeness (QED) is 0.420. The van der Waals surface area contributed by atoms with Crippen LogP contribution in [0.15, 0.2) is 47.6 Å². The first-order valence-electron chi connectivity index (χ1n) is 9.23. The number of aliphatic hydroxyl groups excluding tert-OH is 1. The molecule has 1 aliphatic rings. The first kappa shape index (κ1) is 22.1. The maximum atomic E-state index is 12.1. The molecule has 0 saturated heterocycles. The van der Waals surface area contributed by atoms with Crippen LogP contribution in [0.5, 0.6) is 0 Å². The fourth-order valence-electron chi connectivity index (χ4n) is 2.94. The highest BCUT2D eigenvalue weighted by molar-refractivity contribution is 5.99. The number of ketones is 1. The van der Waals surface area contributed by atoms with Crippen molar-refractivity contribution in [1.82, 2.24) is 0 Å². The predicted octanol–water partition coefficient (Wildman–Crippen LogP) is 4.17. The van der Waals surface area contributed by atoms with Gasteiger partial charge in [-0.2, -0.15) is 0 Å². The zero-order valence-electron chi connectivity index (χ0n) is 16.7. The summed E-state index contributed by atoms with van der Waals surface area (Å²) in [5.41, 5.74) is 1.22. The second kappa shape index (κ2) is 10.3. The largest absolute Gasteiger partial charge is 0.458 e. The van der Waals surface area contributed by atoms with Crippen LogP contribution in [0.1, 0.15) is 48.0 Å². The number of ether oxygens (including phenoxy) is 1. The van der Waals surface area contributed by atoms with Crippen molar-refractivity contribution in [3.8, 4) is 0 Å². The number of carbonyl (C=O) groups excluding carboxylic acids is 2. The van der Waals surface area contributed by atoms with Gasteiger partial charge in [-0.3, -0.25) is 9.59 Å². The van der Waals surface area contributed by atoms with E-state index in [9.17, 15) is 14.7 Å². The van der Waals surface area contributed by atoms with Crippen LogP contribution in [-0.2, 0) is 14.3 Å². The first-order chi connectivity index (χ1) is 12.1. The smallest absolute Gasteiger partial charge is 0.303 e. The molecule has 1 rings (SSSR count). The van der Waals surface area contributed by atoms with Crippen LogP contribution in [0.25, 0.3) is 0 Å². The molecule has 0 aromatic rings. The molecule has 0 bridgehead atoms. The molecule has 0 aromatic heterocycles. The van der Waals surface area contributed by atoms with Crippen LogP contribution in [0.2, 0.25) is 0 Å². The van der Waals surface area contributed by atoms with Gasteiger partial charge in [-0.1, -0.05) is 56.7 Å². The van der Waals surface area contributed by atoms with Crippen molar-refractivity contribution < 1.29 is 19.4 Å². The Kier molecular flexibility index (Phi) is 8.73. The Labute approximate surface area is 157 Å². The lowest BCUT2D eigenvalue weighted by Crippen LogP contribution is -2.43. The van der Waals surface area contributed by atoms with E-state index in [4.69, 9.17) is 4.74 Å². The molecule has 144 valence electrons. The van der Waals surface area contributed by atoms with Gasteiger partial charge < -0.3 is 9.84 Å². The summed E-state index contributed by atoms with van der Waals surface area (Å²) in [6.07, 6.45) is 11.0. The van der Waals surface area contributed by atoms with Crippen LogP contribution in [0.4, 0.5) is 0 Å². The van der Waals surface area contributed by atoms with E-state index in [1.807, 2.05) is 19.1 Å². The van der Waals surface area contributed by atoms with Crippen LogP contribution >= 0.6 is 0 Å². The third kappa shape index (κ3) is 6.75. The number of Topliss-reactive ketones (excluding diaryl/α,β-unsaturated/α-hetero) is 1. The van der Waals surface area contributed by atoms with Gasteiger partial charge >= 0.3 is 5.97 Å². The summed E-state index contributed by atoms with van der Waals surface area (Å²) >= 11 is 0. The van der Waals surface area contributed by atoms with Crippen molar-refractivity contribution in [1.29, 1.82) is 0 Å². The van der Waals surface area contributed by atoms with E-state index in [0.29, 0.717) is 17.4 Å². The van der Waals surface area contributed by atoms with Crippen molar-refractivity contribution in [2.75, 3.05) is 0 Å². The molecule has 0 saturated carbocycles. The molecule has 0 aliphatic heterocycles. The van der Waals surface area contributed by atoms with Crippen molar-refractivity contribution in [3.63, 3.8) is 0 Å². The molecule has 4 heteroatoms. The maximum absolute atomic E-state index is 12.1. The van der Waals surface area contributed by atoms with Gasteiger partial charge in [0.2, 0.25) is 0 Å². The molecular weight excluding hydrogens is 328 g/mol. The second-order valence-electron chi connectivity index (χ2n) is 7.47. The topological polar surface area (TPSA) is 63.6 Å². The first-order valence-corrected chi connectivity index (χ1v) is 9.23. The molecule has 4 atom stereocenters. The highest BCUT2D eigenvalue weighted by atomic mass is 16.5. The van der Waals surface area contributed by atoms with Gasteiger partial charge in [0.05, 0.1) is 5.92 Å². The van der Waals surface area contributed by atoms with Crippen LogP contribution < -0.4 is 0 Å². The lowest BCUT2D eigenvalue weighted by molar-refractivity contribution is -0.150. The SMILES string of the molecule is CC(=O)O[C@H]1C=C(C)C(=O)[C@H](O)[C@H]1C(C)=CC=C[C@H](C)C=CCC(C)C. The number of esters is 1. The lowest BCUT2D eigenvalue weighted by atomic mass is 9.79. The summed E-state index contributed by atoms with van der Waals surface area (Å²) in [5, 5.41) is 10.4. The van der Waals surface area contributed by atoms with E-state index in [1.54, 1.807) is 13.0 Å². The summed E-state index contributed by atoms with van der Waals surface area (Å²) in [4.78, 5) is 23.5. The second-order valence-corrected chi connectivity index (χ2v) is 7.47. The summed E-state index contributed by atoms with van der Waals surface area (Å²) in [7, 11) is 0. The summed E-state index contributed by atoms with van der Waals surface area (Å²) in [6, 6.07) is 0. The minimum atomic E-state index is -1.20. The van der Waals surface area contributed by atoms with E-state index in [0.717, 1.165) is 12.0 Å². The van der Waals surface area contributed by atoms with E-state index < -0.39 is 24.1 Å². The number of carbonyl (C=O) groups is 2. The van der Waals surface area contributed by atoms with Gasteiger partial charge in [0.25, 0.3) is 0 Å². The normalized spacial score (nSPS) is 25.8. The highest BCUT2D eigenvalue weighted by Gasteiger charge is 2.39. The van der Waals surface area contributed by atoms with Gasteiger partial charge in [0.1, 0.15) is 12.2 Å². The van der Waals surface area contributed by atoms with Crippen molar-refractivity contribution in [2.24, 2.45) is 17.8 Å². The minimum absolute atomic E-state index is 0.294. The third-order valence-electron chi connectivity index (χ3n) is 4.41. The van der Waals surface area contributed by atoms with Crippen molar-refractivity contribution in [2.45, 2.75) is 60.2 Å². The lowest BCUT2D eigenvalue weighted by Gasteiger charge is -2.32. The zero-order valence-corrected chi connectivity index (χ0v) is 16.7. The number of aliphatic hydroxyl groups is 1. The van der Waals surface area contributed by atoms with Crippen LogP contribution in [0, 0.1) is 17.8 Å². The van der Waals surface area contributed by atoms with Crippen molar-refractivity contribution in [3.05, 3.63) is 47.6 Å². The molecule has 0 radical (unpaired) electrons. The van der Waals surface area contributed by atoms with E-state index in [2.05, 4.69) is 39.0 Å². The van der Waals surface area contributed by atoms with Crippen LogP contribution in [-0.4, -0.2) is 29.1 Å². The van der Waals surface area contributed by atoms with Crippen LogP contribution in [0.3, 0.4) is 0 Å². The molecule has 26 heavy (non-hydrogen) atoms. The Hall–Kier alpha value is -1.94. The molecule has 0 aromatic carbocycles. The molecule has 0 amide bonds. The number of allylic oxidation sites excluding steroid dienone is 5. The Morgan fingerprint density at radius 2 is 1.92 bits per heavy atom. The predicted molar refractivity (Wildman–Crippen MR) is 104 cm³/mol. The van der Waals surface area contributed by atoms with Gasteiger partial charge in [-0.05, 0) is 43.8 Å². The fourth-order valence-corrected chi connectivity index (χ4v) is 2.94. The van der Waals surface area contributed by atoms with Crippen molar-refractivity contribution >= 4 is 11.8 Å². The standard InChI is InChI=1S/C22H32O4/c1-14(2)9-7-10-15(3)11-8-12-16(4)20-19(26-18(6)23)13-17(5)21(24)22(20)25/h7-8,10-15,19-20,22,25H,9H2,1-6H3/t15-,19+,20+,22-/m1/s1. The van der Waals surface area contributed by atoms with Gasteiger partial charge in [-0.15, -0.1) is 0 Å². The Morgan fingerprint density at radius 3 is 2.50 bits per heavy atom. The zero-order chi connectivity index (χ0) is 19.9. The number of hydrogen-bond acceptors (Lipinski definition) is 4. The molecule has 1 aliphatic carbocycles. The Bertz CT molecular complexity index is 622. The van der Waals surface area contributed by atoms with E-state index in [1.165, 1.54) is 6.92 Å². The minimum Gasteiger partial charge on any atom is -0.458 e. The number of rotatable bonds is 7. The molecule has 0 fully saturated rings. The van der Waals surface area contributed by atoms with E-state index >= 15 is 0 Å². The molecule has 0 spiro atoms. The molecular formula is C22H32O4. The summed E-state index contributed by atoms with van der Waals surface area (Å²) in [5.74, 6) is -0.378. The van der Waals surface area contributed by atoms with E-state index in [-0.39, 0.29) is 5.78 Å². The van der Waals surface area contributed by atoms with Gasteiger partial charge in [0.15, 0.2) is 5.78 Å². The Morgan fingerprint density at radius 1 is 1.27 bits per heavy atom. The molecule has 0 heterocycles. The summed E-state index contributed by atoms with van der Waals surface area (Å²) in [6.45, 7) is 11.3. The average molecular weight is 360 g/mol. The fraction of sp³-hybridized carbons (Fsp3) is 0.545. The number of hydrogen-bond donors (Lipinski definition) is 1. The molecule has 1 N–H and O–H groups in total. The monoisotopic (exact) mass is 360 g/mol. The summed E-state index contributed by atoms with van der Waals surface area (Å²) < 4.78 is 5.31. The Balaban J connectivity index is 2.89. The molecule has 0 unspecified atom stereocenters.